The summed E-state index contributed by atoms with van der Waals surface area (Å²) < 4.78 is 0. The summed E-state index contributed by atoms with van der Waals surface area (Å²) in [4.78, 5) is 25.5. The maximum absolute atomic E-state index is 12.3. The van der Waals surface area contributed by atoms with Crippen molar-refractivity contribution in [3.63, 3.8) is 0 Å². The van der Waals surface area contributed by atoms with E-state index in [9.17, 15) is 9.59 Å². The molecule has 2 aliphatic heterocycles. The van der Waals surface area contributed by atoms with Crippen LogP contribution in [0.15, 0.2) is 30.3 Å². The average molecular weight is 286 g/mol. The third-order valence-electron chi connectivity index (χ3n) is 4.62. The third kappa shape index (κ3) is 3.43. The van der Waals surface area contributed by atoms with Crippen LogP contribution >= 0.6 is 0 Å². The van der Waals surface area contributed by atoms with Gasteiger partial charge in [0.2, 0.25) is 11.8 Å². The molecule has 0 radical (unpaired) electrons. The van der Waals surface area contributed by atoms with E-state index < -0.39 is 0 Å². The third-order valence-corrected chi connectivity index (χ3v) is 4.62. The highest BCUT2D eigenvalue weighted by Gasteiger charge is 2.32. The maximum Gasteiger partial charge on any atom is 0.227 e. The van der Waals surface area contributed by atoms with Crippen LogP contribution in [-0.2, 0) is 16.0 Å². The molecular weight excluding hydrogens is 264 g/mol. The molecule has 4 heteroatoms. The molecule has 0 aromatic heterocycles. The van der Waals surface area contributed by atoms with Crippen molar-refractivity contribution in [2.45, 2.75) is 25.7 Å². The smallest absolute Gasteiger partial charge is 0.227 e. The van der Waals surface area contributed by atoms with E-state index in [0.29, 0.717) is 18.9 Å². The van der Waals surface area contributed by atoms with Gasteiger partial charge in [-0.1, -0.05) is 30.3 Å². The van der Waals surface area contributed by atoms with Crippen LogP contribution in [0.25, 0.3) is 0 Å². The summed E-state index contributed by atoms with van der Waals surface area (Å²) in [7, 11) is 0. The number of likely N-dealkylation sites (tertiary alicyclic amines) is 1. The number of rotatable bonds is 3. The average Bonchev–Trinajstić information content (AvgIpc) is 2.95. The van der Waals surface area contributed by atoms with E-state index in [1.165, 1.54) is 5.56 Å². The molecule has 2 heterocycles. The molecule has 2 amide bonds. The molecule has 2 aliphatic rings. The molecule has 0 bridgehead atoms. The van der Waals surface area contributed by atoms with Gasteiger partial charge in [0, 0.05) is 26.1 Å². The van der Waals surface area contributed by atoms with Gasteiger partial charge in [-0.15, -0.1) is 0 Å². The lowest BCUT2D eigenvalue weighted by Crippen LogP contribution is -2.42. The second kappa shape index (κ2) is 6.29. The molecule has 1 aromatic rings. The molecule has 3 rings (SSSR count). The zero-order chi connectivity index (χ0) is 14.7. The van der Waals surface area contributed by atoms with Gasteiger partial charge < -0.3 is 10.2 Å². The van der Waals surface area contributed by atoms with Crippen LogP contribution in [0.2, 0.25) is 0 Å². The highest BCUT2D eigenvalue weighted by Crippen LogP contribution is 2.23. The summed E-state index contributed by atoms with van der Waals surface area (Å²) in [6.07, 6.45) is 3.60. The van der Waals surface area contributed by atoms with Crippen molar-refractivity contribution in [3.8, 4) is 0 Å². The minimum atomic E-state index is -0.136. The monoisotopic (exact) mass is 286 g/mol. The van der Waals surface area contributed by atoms with Crippen LogP contribution in [0, 0.1) is 11.8 Å². The lowest BCUT2D eigenvalue weighted by atomic mass is 9.89. The van der Waals surface area contributed by atoms with Gasteiger partial charge in [0.15, 0.2) is 0 Å². The molecule has 1 aromatic carbocycles. The van der Waals surface area contributed by atoms with Crippen molar-refractivity contribution in [1.29, 1.82) is 0 Å². The Bertz CT molecular complexity index is 507. The number of carbonyl (C=O) groups is 2. The minimum absolute atomic E-state index is 0.00677. The normalized spacial score (nSPS) is 23.1. The van der Waals surface area contributed by atoms with E-state index in [1.807, 2.05) is 11.0 Å². The summed E-state index contributed by atoms with van der Waals surface area (Å²) in [5.74, 6) is 0.696. The van der Waals surface area contributed by atoms with E-state index >= 15 is 0 Å². The first kappa shape index (κ1) is 14.1. The molecule has 112 valence electrons. The van der Waals surface area contributed by atoms with Gasteiger partial charge in [-0.3, -0.25) is 9.59 Å². The second-order valence-corrected chi connectivity index (χ2v) is 6.16. The van der Waals surface area contributed by atoms with Crippen molar-refractivity contribution in [3.05, 3.63) is 35.9 Å². The lowest BCUT2D eigenvalue weighted by Gasteiger charge is -2.33. The molecule has 4 nitrogen and oxygen atoms in total. The van der Waals surface area contributed by atoms with E-state index in [0.717, 1.165) is 32.4 Å². The van der Waals surface area contributed by atoms with Gasteiger partial charge in [-0.2, -0.15) is 0 Å². The predicted octanol–water partition coefficient (Wildman–Crippen LogP) is 1.60. The Morgan fingerprint density at radius 2 is 1.90 bits per heavy atom. The van der Waals surface area contributed by atoms with Crippen LogP contribution in [0.1, 0.15) is 24.8 Å². The first-order valence-corrected chi connectivity index (χ1v) is 7.82. The number of hydrogen-bond acceptors (Lipinski definition) is 2. The summed E-state index contributed by atoms with van der Waals surface area (Å²) in [6.45, 7) is 2.18. The number of hydrogen-bond donors (Lipinski definition) is 1. The maximum atomic E-state index is 12.3. The standard InChI is InChI=1S/C17H22N2O2/c20-16-11-15(12-18-16)17(21)19-8-6-14(7-9-19)10-13-4-2-1-3-5-13/h1-5,14-15H,6-12H2,(H,18,20). The molecule has 1 N–H and O–H groups in total. The zero-order valence-corrected chi connectivity index (χ0v) is 12.3. The van der Waals surface area contributed by atoms with Gasteiger partial charge in [0.05, 0.1) is 5.92 Å². The Labute approximate surface area is 125 Å². The first-order chi connectivity index (χ1) is 10.2. The van der Waals surface area contributed by atoms with Crippen molar-refractivity contribution >= 4 is 11.8 Å². The SMILES string of the molecule is O=C1CC(C(=O)N2CCC(Cc3ccccc3)CC2)CN1. The Morgan fingerprint density at radius 1 is 1.19 bits per heavy atom. The molecule has 2 fully saturated rings. The molecule has 21 heavy (non-hydrogen) atoms. The molecule has 0 saturated carbocycles. The summed E-state index contributed by atoms with van der Waals surface area (Å²) in [5.41, 5.74) is 1.38. The topological polar surface area (TPSA) is 49.4 Å². The largest absolute Gasteiger partial charge is 0.355 e. The van der Waals surface area contributed by atoms with Gasteiger partial charge in [0.25, 0.3) is 0 Å². The van der Waals surface area contributed by atoms with Gasteiger partial charge in [0.1, 0.15) is 0 Å². The zero-order valence-electron chi connectivity index (χ0n) is 12.3. The highest BCUT2D eigenvalue weighted by molar-refractivity contribution is 5.89. The van der Waals surface area contributed by atoms with Gasteiger partial charge in [-0.25, -0.2) is 0 Å². The minimum Gasteiger partial charge on any atom is -0.355 e. The number of nitrogens with zero attached hydrogens (tertiary/aromatic N) is 1. The van der Waals surface area contributed by atoms with Crippen molar-refractivity contribution < 1.29 is 9.59 Å². The van der Waals surface area contributed by atoms with Crippen LogP contribution in [0.3, 0.4) is 0 Å². The van der Waals surface area contributed by atoms with Crippen molar-refractivity contribution in [2.24, 2.45) is 11.8 Å². The second-order valence-electron chi connectivity index (χ2n) is 6.16. The molecule has 0 aliphatic carbocycles. The molecular formula is C17H22N2O2. The summed E-state index contributed by atoms with van der Waals surface area (Å²) in [5, 5.41) is 2.74. The van der Waals surface area contributed by atoms with E-state index in [4.69, 9.17) is 0 Å². The molecule has 0 spiro atoms. The molecule has 1 unspecified atom stereocenters. The van der Waals surface area contributed by atoms with E-state index in [1.54, 1.807) is 0 Å². The number of carbonyl (C=O) groups excluding carboxylic acids is 2. The molecule has 1 atom stereocenters. The fraction of sp³-hybridized carbons (Fsp3) is 0.529. The number of benzene rings is 1. The van der Waals surface area contributed by atoms with Crippen LogP contribution in [-0.4, -0.2) is 36.3 Å². The van der Waals surface area contributed by atoms with Gasteiger partial charge >= 0.3 is 0 Å². The van der Waals surface area contributed by atoms with E-state index in [-0.39, 0.29) is 17.7 Å². The Kier molecular flexibility index (Phi) is 4.23. The Morgan fingerprint density at radius 3 is 2.52 bits per heavy atom. The molecule has 2 saturated heterocycles. The van der Waals surface area contributed by atoms with E-state index in [2.05, 4.69) is 29.6 Å². The van der Waals surface area contributed by atoms with Crippen molar-refractivity contribution in [2.75, 3.05) is 19.6 Å². The highest BCUT2D eigenvalue weighted by atomic mass is 16.2. The van der Waals surface area contributed by atoms with Gasteiger partial charge in [-0.05, 0) is 30.7 Å². The number of amides is 2. The number of nitrogens with one attached hydrogen (secondary N) is 1. The Balaban J connectivity index is 1.49. The number of piperidine rings is 1. The van der Waals surface area contributed by atoms with Crippen LogP contribution in [0.5, 0.6) is 0 Å². The first-order valence-electron chi connectivity index (χ1n) is 7.82. The van der Waals surface area contributed by atoms with Crippen molar-refractivity contribution in [1.82, 2.24) is 10.2 Å². The Hall–Kier alpha value is -1.84. The fourth-order valence-electron chi connectivity index (χ4n) is 3.34. The summed E-state index contributed by atoms with van der Waals surface area (Å²) in [6, 6.07) is 10.6. The lowest BCUT2D eigenvalue weighted by molar-refractivity contribution is -0.137. The fourth-order valence-corrected chi connectivity index (χ4v) is 3.34. The van der Waals surface area contributed by atoms with Crippen LogP contribution in [0.4, 0.5) is 0 Å². The van der Waals surface area contributed by atoms with Crippen LogP contribution < -0.4 is 5.32 Å². The predicted molar refractivity (Wildman–Crippen MR) is 80.6 cm³/mol. The summed E-state index contributed by atoms with van der Waals surface area (Å²) >= 11 is 0. The quantitative estimate of drug-likeness (QED) is 0.917.